The van der Waals surface area contributed by atoms with Gasteiger partial charge in [-0.25, -0.2) is 13.1 Å². The summed E-state index contributed by atoms with van der Waals surface area (Å²) in [6.07, 6.45) is 0. The number of hydrogen-bond acceptors (Lipinski definition) is 3. The van der Waals surface area contributed by atoms with E-state index in [1.165, 1.54) is 0 Å². The van der Waals surface area contributed by atoms with Gasteiger partial charge in [-0.3, -0.25) is 0 Å². The normalized spacial score (nSPS) is 11.6. The SMILES string of the molecule is NCc1ccc(Br)c(S(=O)(=O)NCc2ccccc2Br)c1. The average Bonchev–Trinajstić information content (AvgIpc) is 2.47. The summed E-state index contributed by atoms with van der Waals surface area (Å²) in [6, 6.07) is 12.5. The van der Waals surface area contributed by atoms with E-state index in [1.54, 1.807) is 18.2 Å². The zero-order valence-corrected chi connectivity index (χ0v) is 15.0. The molecule has 0 atom stereocenters. The van der Waals surface area contributed by atoms with Gasteiger partial charge in [-0.2, -0.15) is 0 Å². The van der Waals surface area contributed by atoms with Crippen LogP contribution < -0.4 is 10.5 Å². The molecule has 0 spiro atoms. The van der Waals surface area contributed by atoms with Crippen LogP contribution in [0.25, 0.3) is 0 Å². The van der Waals surface area contributed by atoms with Crippen molar-refractivity contribution in [2.24, 2.45) is 5.73 Å². The third-order valence-corrected chi connectivity index (χ3v) is 6.10. The van der Waals surface area contributed by atoms with Crippen LogP contribution in [0.2, 0.25) is 0 Å². The Balaban J connectivity index is 2.25. The largest absolute Gasteiger partial charge is 0.326 e. The number of sulfonamides is 1. The Hall–Kier alpha value is -0.730. The van der Waals surface area contributed by atoms with Crippen molar-refractivity contribution in [2.45, 2.75) is 18.0 Å². The number of rotatable bonds is 5. The van der Waals surface area contributed by atoms with E-state index in [1.807, 2.05) is 24.3 Å². The molecule has 2 aromatic rings. The van der Waals surface area contributed by atoms with Crippen molar-refractivity contribution in [1.82, 2.24) is 4.72 Å². The van der Waals surface area contributed by atoms with Crippen LogP contribution in [0.15, 0.2) is 56.3 Å². The van der Waals surface area contributed by atoms with E-state index in [9.17, 15) is 8.42 Å². The maximum Gasteiger partial charge on any atom is 0.242 e. The van der Waals surface area contributed by atoms with Crippen molar-refractivity contribution >= 4 is 41.9 Å². The molecule has 0 bridgehead atoms. The van der Waals surface area contributed by atoms with Gasteiger partial charge in [0, 0.05) is 22.0 Å². The summed E-state index contributed by atoms with van der Waals surface area (Å²) < 4.78 is 28.8. The molecule has 0 fully saturated rings. The second-order valence-corrected chi connectivity index (χ2v) is 7.83. The van der Waals surface area contributed by atoms with E-state index in [0.29, 0.717) is 11.0 Å². The predicted molar refractivity (Wildman–Crippen MR) is 90.2 cm³/mol. The van der Waals surface area contributed by atoms with Crippen LogP contribution in [0.4, 0.5) is 0 Å². The smallest absolute Gasteiger partial charge is 0.242 e. The van der Waals surface area contributed by atoms with Crippen LogP contribution >= 0.6 is 31.9 Å². The molecule has 3 N–H and O–H groups in total. The number of nitrogens with one attached hydrogen (secondary N) is 1. The molecule has 0 aromatic heterocycles. The first kappa shape index (κ1) is 16.6. The highest BCUT2D eigenvalue weighted by atomic mass is 79.9. The quantitative estimate of drug-likeness (QED) is 0.760. The second-order valence-electron chi connectivity index (χ2n) is 4.38. The lowest BCUT2D eigenvalue weighted by molar-refractivity contribution is 0.580. The molecule has 4 nitrogen and oxygen atoms in total. The number of halogens is 2. The maximum absolute atomic E-state index is 12.4. The summed E-state index contributed by atoms with van der Waals surface area (Å²) in [5.41, 5.74) is 7.19. The summed E-state index contributed by atoms with van der Waals surface area (Å²) in [7, 11) is -3.61. The molecule has 0 amide bonds. The Kier molecular flexibility index (Phi) is 5.56. The first-order chi connectivity index (χ1) is 9.94. The molecule has 0 aliphatic heterocycles. The standard InChI is InChI=1S/C14H14Br2N2O2S/c15-12-4-2-1-3-11(12)9-18-21(19,20)14-7-10(8-17)5-6-13(14)16/h1-7,18H,8-9,17H2. The molecule has 0 unspecified atom stereocenters. The van der Waals surface area contributed by atoms with Crippen LogP contribution in [-0.4, -0.2) is 8.42 Å². The summed E-state index contributed by atoms with van der Waals surface area (Å²) in [5.74, 6) is 0. The van der Waals surface area contributed by atoms with E-state index in [4.69, 9.17) is 5.73 Å². The highest BCUT2D eigenvalue weighted by Crippen LogP contribution is 2.24. The fraction of sp³-hybridized carbons (Fsp3) is 0.143. The Morgan fingerprint density at radius 1 is 1.05 bits per heavy atom. The van der Waals surface area contributed by atoms with Crippen molar-refractivity contribution < 1.29 is 8.42 Å². The maximum atomic E-state index is 12.4. The summed E-state index contributed by atoms with van der Waals surface area (Å²) in [6.45, 7) is 0.503. The monoisotopic (exact) mass is 432 g/mol. The van der Waals surface area contributed by atoms with Gasteiger partial charge < -0.3 is 5.73 Å². The minimum absolute atomic E-state index is 0.192. The van der Waals surface area contributed by atoms with Crippen molar-refractivity contribution in [3.8, 4) is 0 Å². The van der Waals surface area contributed by atoms with Crippen molar-refractivity contribution in [1.29, 1.82) is 0 Å². The molecule has 0 aliphatic carbocycles. The lowest BCUT2D eigenvalue weighted by Gasteiger charge is -2.11. The Bertz CT molecular complexity index is 748. The second kappa shape index (κ2) is 7.02. The number of hydrogen-bond donors (Lipinski definition) is 2. The molecule has 0 heterocycles. The van der Waals surface area contributed by atoms with Gasteiger partial charge in [0.2, 0.25) is 10.0 Å². The zero-order valence-electron chi connectivity index (χ0n) is 11.0. The topological polar surface area (TPSA) is 72.2 Å². The molecule has 0 saturated carbocycles. The van der Waals surface area contributed by atoms with Crippen LogP contribution in [0.5, 0.6) is 0 Å². The van der Waals surface area contributed by atoms with E-state index < -0.39 is 10.0 Å². The molecule has 21 heavy (non-hydrogen) atoms. The van der Waals surface area contributed by atoms with Gasteiger partial charge in [0.15, 0.2) is 0 Å². The van der Waals surface area contributed by atoms with Crippen molar-refractivity contribution in [3.05, 3.63) is 62.5 Å². The molecule has 2 rings (SSSR count). The minimum Gasteiger partial charge on any atom is -0.326 e. The molecular weight excluding hydrogens is 420 g/mol. The first-order valence-electron chi connectivity index (χ1n) is 6.15. The first-order valence-corrected chi connectivity index (χ1v) is 9.22. The highest BCUT2D eigenvalue weighted by Gasteiger charge is 2.18. The van der Waals surface area contributed by atoms with E-state index in [0.717, 1.165) is 15.6 Å². The molecular formula is C14H14Br2N2O2S. The van der Waals surface area contributed by atoms with Crippen LogP contribution in [-0.2, 0) is 23.1 Å². The Labute approximate surface area is 141 Å². The Morgan fingerprint density at radius 3 is 2.43 bits per heavy atom. The third kappa shape index (κ3) is 4.14. The molecule has 7 heteroatoms. The third-order valence-electron chi connectivity index (χ3n) is 2.93. The molecule has 0 radical (unpaired) electrons. The van der Waals surface area contributed by atoms with E-state index >= 15 is 0 Å². The zero-order chi connectivity index (χ0) is 15.5. The average molecular weight is 434 g/mol. The van der Waals surface area contributed by atoms with Gasteiger partial charge in [0.05, 0.1) is 4.90 Å². The lowest BCUT2D eigenvalue weighted by Crippen LogP contribution is -2.24. The summed E-state index contributed by atoms with van der Waals surface area (Å²) in [5, 5.41) is 0. The number of nitrogens with two attached hydrogens (primary N) is 1. The van der Waals surface area contributed by atoms with Crippen LogP contribution in [0.1, 0.15) is 11.1 Å². The molecule has 112 valence electrons. The molecule has 0 aliphatic rings. The summed E-state index contributed by atoms with van der Waals surface area (Å²) in [4.78, 5) is 0.192. The van der Waals surface area contributed by atoms with Crippen molar-refractivity contribution in [3.63, 3.8) is 0 Å². The van der Waals surface area contributed by atoms with E-state index in [2.05, 4.69) is 36.6 Å². The van der Waals surface area contributed by atoms with Gasteiger partial charge >= 0.3 is 0 Å². The lowest BCUT2D eigenvalue weighted by atomic mass is 10.2. The van der Waals surface area contributed by atoms with Crippen LogP contribution in [0, 0.1) is 0 Å². The molecule has 2 aromatic carbocycles. The van der Waals surface area contributed by atoms with Crippen molar-refractivity contribution in [2.75, 3.05) is 0 Å². The van der Waals surface area contributed by atoms with Gasteiger partial charge in [0.1, 0.15) is 0 Å². The predicted octanol–water partition coefficient (Wildman–Crippen LogP) is 3.15. The van der Waals surface area contributed by atoms with Gasteiger partial charge in [-0.15, -0.1) is 0 Å². The number of benzene rings is 2. The van der Waals surface area contributed by atoms with Gasteiger partial charge in [-0.1, -0.05) is 40.2 Å². The summed E-state index contributed by atoms with van der Waals surface area (Å²) >= 11 is 6.66. The van der Waals surface area contributed by atoms with Gasteiger partial charge in [-0.05, 0) is 45.3 Å². The van der Waals surface area contributed by atoms with Gasteiger partial charge in [0.25, 0.3) is 0 Å². The highest BCUT2D eigenvalue weighted by molar-refractivity contribution is 9.10. The Morgan fingerprint density at radius 2 is 1.76 bits per heavy atom. The fourth-order valence-electron chi connectivity index (χ4n) is 1.77. The van der Waals surface area contributed by atoms with E-state index in [-0.39, 0.29) is 11.4 Å². The molecule has 0 saturated heterocycles. The van der Waals surface area contributed by atoms with Crippen LogP contribution in [0.3, 0.4) is 0 Å². The fourth-order valence-corrected chi connectivity index (χ4v) is 4.22. The minimum atomic E-state index is -3.61.